The molecule has 0 aromatic carbocycles. The molecule has 4 N–H and O–H groups in total. The Labute approximate surface area is 85.1 Å². The molecule has 0 spiro atoms. The molecule has 0 aromatic rings. The van der Waals surface area contributed by atoms with Crippen LogP contribution in [-0.2, 0) is 4.74 Å². The van der Waals surface area contributed by atoms with Gasteiger partial charge >= 0.3 is 0 Å². The molecule has 0 radical (unpaired) electrons. The lowest BCUT2D eigenvalue weighted by atomic mass is 9.71. The van der Waals surface area contributed by atoms with Crippen molar-refractivity contribution in [2.75, 3.05) is 6.61 Å². The van der Waals surface area contributed by atoms with Crippen LogP contribution in [0.25, 0.3) is 0 Å². The molecule has 0 bridgehead atoms. The van der Waals surface area contributed by atoms with Gasteiger partial charge in [-0.3, -0.25) is 0 Å². The molecule has 14 heavy (non-hydrogen) atoms. The van der Waals surface area contributed by atoms with Crippen LogP contribution in [0.5, 0.6) is 0 Å². The summed E-state index contributed by atoms with van der Waals surface area (Å²) in [7, 11) is 0. The number of rotatable bonds is 1. The van der Waals surface area contributed by atoms with Gasteiger partial charge in [-0.2, -0.15) is 0 Å². The molecule has 1 aliphatic rings. The van der Waals surface area contributed by atoms with E-state index in [4.69, 9.17) is 10.5 Å². The van der Waals surface area contributed by atoms with E-state index in [1.165, 1.54) is 0 Å². The van der Waals surface area contributed by atoms with Gasteiger partial charge in [-0.25, -0.2) is 0 Å². The second-order valence-electron chi connectivity index (χ2n) is 5.18. The fraction of sp³-hybridized carbons (Fsp3) is 1.00. The first kappa shape index (κ1) is 11.9. The highest BCUT2D eigenvalue weighted by Crippen LogP contribution is 2.39. The molecule has 0 saturated carbocycles. The summed E-state index contributed by atoms with van der Waals surface area (Å²) in [4.78, 5) is 0. The fourth-order valence-corrected chi connectivity index (χ4v) is 1.90. The zero-order valence-electron chi connectivity index (χ0n) is 9.32. The highest BCUT2D eigenvalue weighted by Gasteiger charge is 2.51. The summed E-state index contributed by atoms with van der Waals surface area (Å²) in [5.74, 6) is 0. The van der Waals surface area contributed by atoms with Gasteiger partial charge in [0.15, 0.2) is 0 Å². The van der Waals surface area contributed by atoms with Gasteiger partial charge in [0.1, 0.15) is 0 Å². The predicted molar refractivity (Wildman–Crippen MR) is 53.8 cm³/mol. The van der Waals surface area contributed by atoms with Crippen molar-refractivity contribution in [3.05, 3.63) is 0 Å². The van der Waals surface area contributed by atoms with Crippen LogP contribution in [0.3, 0.4) is 0 Å². The van der Waals surface area contributed by atoms with E-state index in [0.29, 0.717) is 0 Å². The van der Waals surface area contributed by atoms with E-state index in [-0.39, 0.29) is 12.7 Å². The predicted octanol–water partition coefficient (Wildman–Crippen LogP) is -0.130. The van der Waals surface area contributed by atoms with Crippen LogP contribution in [0.2, 0.25) is 0 Å². The van der Waals surface area contributed by atoms with Crippen molar-refractivity contribution in [1.29, 1.82) is 0 Å². The number of hydrogen-bond acceptors (Lipinski definition) is 4. The summed E-state index contributed by atoms with van der Waals surface area (Å²) >= 11 is 0. The third-order valence-corrected chi connectivity index (χ3v) is 3.35. The number of hydrogen-bond donors (Lipinski definition) is 3. The minimum atomic E-state index is -0.664. The quantitative estimate of drug-likeness (QED) is 0.555. The summed E-state index contributed by atoms with van der Waals surface area (Å²) < 4.78 is 5.69. The van der Waals surface area contributed by atoms with Crippen molar-refractivity contribution >= 4 is 0 Å². The molecule has 84 valence electrons. The number of nitrogens with two attached hydrogens (primary N) is 1. The smallest absolute Gasteiger partial charge is 0.0889 e. The largest absolute Gasteiger partial charge is 0.394 e. The van der Waals surface area contributed by atoms with E-state index < -0.39 is 23.2 Å². The van der Waals surface area contributed by atoms with Gasteiger partial charge in [0, 0.05) is 5.41 Å². The summed E-state index contributed by atoms with van der Waals surface area (Å²) in [6, 6.07) is -0.430. The van der Waals surface area contributed by atoms with Crippen molar-refractivity contribution in [2.45, 2.75) is 51.5 Å². The van der Waals surface area contributed by atoms with Crippen molar-refractivity contribution in [1.82, 2.24) is 0 Å². The summed E-state index contributed by atoms with van der Waals surface area (Å²) in [5.41, 5.74) is 4.79. The van der Waals surface area contributed by atoms with Crippen LogP contribution in [0, 0.1) is 5.41 Å². The average Bonchev–Trinajstić information content (AvgIpc) is 2.09. The minimum absolute atomic E-state index is 0.0970. The number of ether oxygens (including phenoxy) is 1. The Hall–Kier alpha value is -0.160. The second kappa shape index (κ2) is 3.45. The highest BCUT2D eigenvalue weighted by molar-refractivity contribution is 5.03. The van der Waals surface area contributed by atoms with Crippen molar-refractivity contribution in [2.24, 2.45) is 11.1 Å². The Morgan fingerprint density at radius 2 is 1.79 bits per heavy atom. The normalized spacial score (nSPS) is 40.9. The maximum atomic E-state index is 10.0. The molecule has 0 aromatic heterocycles. The average molecular weight is 203 g/mol. The Bertz CT molecular complexity index is 211. The lowest BCUT2D eigenvalue weighted by Gasteiger charge is -2.52. The maximum absolute atomic E-state index is 10.0. The molecule has 0 amide bonds. The molecule has 1 heterocycles. The molecule has 4 heteroatoms. The van der Waals surface area contributed by atoms with Crippen LogP contribution in [-0.4, -0.2) is 40.7 Å². The van der Waals surface area contributed by atoms with Crippen molar-refractivity contribution in [3.63, 3.8) is 0 Å². The minimum Gasteiger partial charge on any atom is -0.394 e. The molecule has 1 fully saturated rings. The molecule has 1 saturated heterocycles. The van der Waals surface area contributed by atoms with E-state index >= 15 is 0 Å². The molecular formula is C10H21NO3. The van der Waals surface area contributed by atoms with Crippen LogP contribution >= 0.6 is 0 Å². The van der Waals surface area contributed by atoms with Gasteiger partial charge in [-0.05, 0) is 13.8 Å². The first-order valence-electron chi connectivity index (χ1n) is 4.96. The van der Waals surface area contributed by atoms with Crippen LogP contribution in [0.15, 0.2) is 0 Å². The standard InChI is InChI=1S/C10H21NO3/c1-9(2)6(5-12)14-10(3,4)7(11)8(9)13/h6-8,12-13H,5,11H2,1-4H3. The Morgan fingerprint density at radius 1 is 1.29 bits per heavy atom. The van der Waals surface area contributed by atoms with Gasteiger partial charge in [0.25, 0.3) is 0 Å². The monoisotopic (exact) mass is 203 g/mol. The summed E-state index contributed by atoms with van der Waals surface area (Å²) in [6.07, 6.45) is -1.03. The molecule has 3 atom stereocenters. The Kier molecular flexibility index (Phi) is 2.94. The van der Waals surface area contributed by atoms with Gasteiger partial charge in [0.2, 0.25) is 0 Å². The molecule has 1 rings (SSSR count). The lowest BCUT2D eigenvalue weighted by molar-refractivity contribution is -0.229. The first-order chi connectivity index (χ1) is 6.23. The summed E-state index contributed by atoms with van der Waals surface area (Å²) in [5, 5.41) is 19.2. The maximum Gasteiger partial charge on any atom is 0.0889 e. The molecule has 1 aliphatic heterocycles. The highest BCUT2D eigenvalue weighted by atomic mass is 16.5. The number of aliphatic hydroxyl groups excluding tert-OH is 2. The Morgan fingerprint density at radius 3 is 2.21 bits per heavy atom. The fourth-order valence-electron chi connectivity index (χ4n) is 1.90. The zero-order valence-corrected chi connectivity index (χ0v) is 9.32. The molecule has 3 unspecified atom stereocenters. The van der Waals surface area contributed by atoms with E-state index in [1.807, 2.05) is 27.7 Å². The van der Waals surface area contributed by atoms with E-state index in [9.17, 15) is 10.2 Å². The van der Waals surface area contributed by atoms with E-state index in [2.05, 4.69) is 0 Å². The molecule has 4 nitrogen and oxygen atoms in total. The SMILES string of the molecule is CC1(C)OC(CO)C(C)(C)C(O)C1N. The second-order valence-corrected chi connectivity index (χ2v) is 5.18. The first-order valence-corrected chi connectivity index (χ1v) is 4.96. The van der Waals surface area contributed by atoms with Crippen LogP contribution < -0.4 is 5.73 Å². The van der Waals surface area contributed by atoms with E-state index in [1.54, 1.807) is 0 Å². The van der Waals surface area contributed by atoms with Gasteiger partial charge in [0.05, 0.1) is 30.5 Å². The zero-order chi connectivity index (χ0) is 11.1. The topological polar surface area (TPSA) is 75.7 Å². The third kappa shape index (κ3) is 1.67. The Balaban J connectivity index is 2.95. The van der Waals surface area contributed by atoms with Gasteiger partial charge in [-0.1, -0.05) is 13.8 Å². The van der Waals surface area contributed by atoms with Crippen molar-refractivity contribution in [3.8, 4) is 0 Å². The third-order valence-electron chi connectivity index (χ3n) is 3.35. The van der Waals surface area contributed by atoms with Crippen LogP contribution in [0.4, 0.5) is 0 Å². The van der Waals surface area contributed by atoms with Crippen molar-refractivity contribution < 1.29 is 14.9 Å². The number of aliphatic hydroxyl groups is 2. The van der Waals surface area contributed by atoms with Crippen LogP contribution in [0.1, 0.15) is 27.7 Å². The summed E-state index contributed by atoms with van der Waals surface area (Å²) in [6.45, 7) is 7.28. The lowest BCUT2D eigenvalue weighted by Crippen LogP contribution is -2.67. The molecule has 0 aliphatic carbocycles. The molecular weight excluding hydrogens is 182 g/mol. The van der Waals surface area contributed by atoms with Gasteiger partial charge < -0.3 is 20.7 Å². The van der Waals surface area contributed by atoms with E-state index in [0.717, 1.165) is 0 Å². The van der Waals surface area contributed by atoms with Gasteiger partial charge in [-0.15, -0.1) is 0 Å².